The van der Waals surface area contributed by atoms with Crippen molar-refractivity contribution in [3.05, 3.63) is 75.4 Å². The first-order chi connectivity index (χ1) is 21.4. The number of carbonyl (C=O) groups excluding carboxylic acids is 2. The second-order valence-corrected chi connectivity index (χ2v) is 13.5. The van der Waals surface area contributed by atoms with E-state index in [1.54, 1.807) is 19.2 Å². The second kappa shape index (κ2) is 11.6. The van der Waals surface area contributed by atoms with Crippen LogP contribution < -0.4 is 9.80 Å². The lowest BCUT2D eigenvalue weighted by Crippen LogP contribution is -2.61. The Balaban J connectivity index is 1.28. The van der Waals surface area contributed by atoms with Crippen molar-refractivity contribution in [3.8, 4) is 0 Å². The molecule has 3 aliphatic rings. The number of ether oxygens (including phenoxy) is 2. The van der Waals surface area contributed by atoms with E-state index in [4.69, 9.17) is 31.0 Å². The molecule has 0 bridgehead atoms. The number of hydrogen-bond acceptors (Lipinski definition) is 8. The largest absolute Gasteiger partial charge is 0.465 e. The minimum absolute atomic E-state index is 0.0780. The van der Waals surface area contributed by atoms with Crippen LogP contribution in [0.3, 0.4) is 0 Å². The summed E-state index contributed by atoms with van der Waals surface area (Å²) in [6.45, 7) is 10.0. The molecule has 1 aromatic carbocycles. The summed E-state index contributed by atoms with van der Waals surface area (Å²) in [4.78, 5) is 42.3. The quantitative estimate of drug-likeness (QED) is 0.316. The number of piperazine rings is 1. The average molecular weight is 636 g/mol. The van der Waals surface area contributed by atoms with Crippen LogP contribution in [-0.4, -0.2) is 78.8 Å². The fourth-order valence-corrected chi connectivity index (χ4v) is 7.53. The molecule has 0 unspecified atom stereocenters. The van der Waals surface area contributed by atoms with Gasteiger partial charge in [-0.2, -0.15) is 0 Å². The van der Waals surface area contributed by atoms with Gasteiger partial charge in [-0.25, -0.2) is 19.2 Å². The van der Waals surface area contributed by atoms with Crippen LogP contribution in [0.15, 0.2) is 36.4 Å². The summed E-state index contributed by atoms with van der Waals surface area (Å²) in [5.41, 5.74) is 3.89. The van der Waals surface area contributed by atoms with E-state index in [-0.39, 0.29) is 22.4 Å². The van der Waals surface area contributed by atoms with Gasteiger partial charge in [-0.05, 0) is 88.9 Å². The zero-order valence-electron chi connectivity index (χ0n) is 26.6. The molecule has 2 aromatic heterocycles. The molecule has 1 spiro atoms. The number of carbonyl (C=O) groups is 2. The Bertz CT molecular complexity index is 1660. The van der Waals surface area contributed by atoms with Gasteiger partial charge in [-0.15, -0.1) is 0 Å². The summed E-state index contributed by atoms with van der Waals surface area (Å²) in [5.74, 6) is -0.236. The van der Waals surface area contributed by atoms with Crippen LogP contribution in [0.1, 0.15) is 70.9 Å². The number of nitrogens with zero attached hydrogens (tertiary/aromatic N) is 5. The maximum absolute atomic E-state index is 14.5. The van der Waals surface area contributed by atoms with E-state index in [2.05, 4.69) is 9.80 Å². The van der Waals surface area contributed by atoms with E-state index in [1.807, 2.05) is 50.8 Å². The maximum atomic E-state index is 14.5. The number of aromatic nitrogens is 2. The molecule has 0 N–H and O–H groups in total. The van der Waals surface area contributed by atoms with Gasteiger partial charge in [-0.3, -0.25) is 4.79 Å². The molecular formula is C34H39ClFN5O4. The molecule has 4 heterocycles. The lowest BCUT2D eigenvalue weighted by Gasteiger charge is -2.47. The first-order valence-corrected chi connectivity index (χ1v) is 15.7. The van der Waals surface area contributed by atoms with E-state index in [1.165, 1.54) is 13.2 Å². The summed E-state index contributed by atoms with van der Waals surface area (Å²) in [6.07, 6.45) is 2.62. The average Bonchev–Trinajstić information content (AvgIpc) is 3.57. The Hall–Kier alpha value is -3.76. The predicted octanol–water partition coefficient (Wildman–Crippen LogP) is 6.00. The smallest absolute Gasteiger partial charge is 0.339 e. The Labute approximate surface area is 268 Å². The highest BCUT2D eigenvalue weighted by atomic mass is 35.5. The number of halogens is 2. The predicted molar refractivity (Wildman–Crippen MR) is 171 cm³/mol. The van der Waals surface area contributed by atoms with Crippen LogP contribution in [0, 0.1) is 19.7 Å². The Morgan fingerprint density at radius 2 is 1.82 bits per heavy atom. The molecule has 1 amide bonds. The van der Waals surface area contributed by atoms with Gasteiger partial charge in [0.15, 0.2) is 0 Å². The number of methoxy groups -OCH3 is 2. The van der Waals surface area contributed by atoms with E-state index in [0.717, 1.165) is 42.0 Å². The van der Waals surface area contributed by atoms with Crippen LogP contribution in [0.25, 0.3) is 0 Å². The van der Waals surface area contributed by atoms with E-state index >= 15 is 0 Å². The van der Waals surface area contributed by atoms with Crippen molar-refractivity contribution in [3.63, 3.8) is 0 Å². The molecule has 1 saturated carbocycles. The van der Waals surface area contributed by atoms with Gasteiger partial charge in [-0.1, -0.05) is 11.6 Å². The Morgan fingerprint density at radius 1 is 1.04 bits per heavy atom. The van der Waals surface area contributed by atoms with Crippen molar-refractivity contribution in [2.24, 2.45) is 0 Å². The van der Waals surface area contributed by atoms with E-state index in [9.17, 15) is 14.0 Å². The number of anilines is 3. The first kappa shape index (κ1) is 31.2. The molecule has 2 aliphatic heterocycles. The van der Waals surface area contributed by atoms with Crippen molar-refractivity contribution >= 4 is 40.7 Å². The highest BCUT2D eigenvalue weighted by Gasteiger charge is 2.50. The number of esters is 1. The number of amides is 1. The molecule has 1 saturated heterocycles. The molecule has 238 valence electrons. The monoisotopic (exact) mass is 635 g/mol. The van der Waals surface area contributed by atoms with Gasteiger partial charge >= 0.3 is 5.97 Å². The Morgan fingerprint density at radius 3 is 2.47 bits per heavy atom. The zero-order chi connectivity index (χ0) is 32.3. The van der Waals surface area contributed by atoms with Gasteiger partial charge in [0, 0.05) is 44.4 Å². The summed E-state index contributed by atoms with van der Waals surface area (Å²) in [5, 5.41) is 0.0780. The number of aryl methyl sites for hydroxylation is 2. The van der Waals surface area contributed by atoms with Crippen LogP contribution >= 0.6 is 11.6 Å². The lowest BCUT2D eigenvalue weighted by molar-refractivity contribution is 0.0505. The lowest BCUT2D eigenvalue weighted by atomic mass is 9.84. The Kier molecular flexibility index (Phi) is 8.02. The fraction of sp³-hybridized carbons (Fsp3) is 0.471. The van der Waals surface area contributed by atoms with Crippen molar-refractivity contribution in [2.45, 2.75) is 64.0 Å². The normalized spacial score (nSPS) is 22.2. The highest BCUT2D eigenvalue weighted by Crippen LogP contribution is 2.52. The van der Waals surface area contributed by atoms with Crippen LogP contribution in [-0.2, 0) is 14.9 Å². The third-order valence-corrected chi connectivity index (χ3v) is 10.0. The van der Waals surface area contributed by atoms with E-state index < -0.39 is 17.3 Å². The summed E-state index contributed by atoms with van der Waals surface area (Å²) in [6, 6.07) is 10.5. The molecule has 0 radical (unpaired) electrons. The molecular weight excluding hydrogens is 597 g/mol. The molecule has 45 heavy (non-hydrogen) atoms. The van der Waals surface area contributed by atoms with Crippen LogP contribution in [0.5, 0.6) is 0 Å². The summed E-state index contributed by atoms with van der Waals surface area (Å²) >= 11 is 5.99. The van der Waals surface area contributed by atoms with Crippen LogP contribution in [0.4, 0.5) is 21.6 Å². The fourth-order valence-electron chi connectivity index (χ4n) is 7.41. The van der Waals surface area contributed by atoms with Crippen molar-refractivity contribution in [2.75, 3.05) is 50.2 Å². The third kappa shape index (κ3) is 5.42. The maximum Gasteiger partial charge on any atom is 0.339 e. The van der Waals surface area contributed by atoms with Crippen LogP contribution in [0.2, 0.25) is 5.02 Å². The van der Waals surface area contributed by atoms with Gasteiger partial charge in [0.2, 0.25) is 0 Å². The standard InChI is InChI=1S/C34H39ClFN5O4/c1-20-15-28(37-21(2)29(20)32(43)45-6)39-13-14-41(33(3,4)18-39)31(42)26-9-10-27-30(38-26)34(12-11-23(17-34)44-5)19-40(27)22-7-8-24(35)25(36)16-22/h7-10,15-16,23H,11-14,17-19H2,1-6H3/t23-,34-/m1/s1. The number of hydrogen-bond donors (Lipinski definition) is 0. The number of benzene rings is 1. The first-order valence-electron chi connectivity index (χ1n) is 15.3. The molecule has 6 rings (SSSR count). The topological polar surface area (TPSA) is 88.1 Å². The van der Waals surface area contributed by atoms with Crippen molar-refractivity contribution in [1.29, 1.82) is 0 Å². The minimum Gasteiger partial charge on any atom is -0.465 e. The van der Waals surface area contributed by atoms with Gasteiger partial charge in [0.1, 0.15) is 17.3 Å². The SMILES string of the molecule is COC(=O)c1c(C)cc(N2CCN(C(=O)c3ccc4c(n3)[C@@]3(CC[C@@H](OC)C3)CN4c3ccc(Cl)c(F)c3)C(C)(C)C2)nc1C. The molecule has 1 aliphatic carbocycles. The minimum atomic E-state index is -0.528. The number of pyridine rings is 2. The molecule has 11 heteroatoms. The van der Waals surface area contributed by atoms with Gasteiger partial charge < -0.3 is 24.2 Å². The molecule has 9 nitrogen and oxygen atoms in total. The van der Waals surface area contributed by atoms with Crippen molar-refractivity contribution in [1.82, 2.24) is 14.9 Å². The summed E-state index contributed by atoms with van der Waals surface area (Å²) in [7, 11) is 3.09. The van der Waals surface area contributed by atoms with Gasteiger partial charge in [0.05, 0.1) is 46.4 Å². The summed E-state index contributed by atoms with van der Waals surface area (Å²) < 4.78 is 25.2. The highest BCUT2D eigenvalue weighted by molar-refractivity contribution is 6.30. The molecule has 3 aromatic rings. The third-order valence-electron chi connectivity index (χ3n) is 9.70. The molecule has 2 fully saturated rings. The van der Waals surface area contributed by atoms with E-state index in [0.29, 0.717) is 48.8 Å². The zero-order valence-corrected chi connectivity index (χ0v) is 27.4. The second-order valence-electron chi connectivity index (χ2n) is 13.1. The van der Waals surface area contributed by atoms with Gasteiger partial charge in [0.25, 0.3) is 5.91 Å². The molecule has 2 atom stereocenters. The van der Waals surface area contributed by atoms with Crippen molar-refractivity contribution < 1.29 is 23.5 Å². The number of fused-ring (bicyclic) bond motifs is 2. The number of rotatable bonds is 5.